The fourth-order valence-corrected chi connectivity index (χ4v) is 0.499. The quantitative estimate of drug-likeness (QED) is 0.401. The van der Waals surface area contributed by atoms with Crippen LogP contribution in [-0.2, 0) is 14.3 Å². The van der Waals surface area contributed by atoms with Gasteiger partial charge in [-0.1, -0.05) is 27.4 Å². The smallest absolute Gasteiger partial charge is 0.354 e. The number of ether oxygens (including phenoxy) is 1. The summed E-state index contributed by atoms with van der Waals surface area (Å²) in [5, 5.41) is 2.13. The fraction of sp³-hybridized carbons (Fsp3) is 0.556. The molecule has 0 heterocycles. The van der Waals surface area contributed by atoms with Crippen LogP contribution in [0.5, 0.6) is 0 Å². The Labute approximate surface area is 78.0 Å². The fourth-order valence-electron chi connectivity index (χ4n) is 0.499. The summed E-state index contributed by atoms with van der Waals surface area (Å²) in [5.41, 5.74) is -0.129. The highest BCUT2D eigenvalue weighted by Crippen LogP contribution is 2.13. The summed E-state index contributed by atoms with van der Waals surface area (Å²) in [7, 11) is 0. The second-order valence-corrected chi connectivity index (χ2v) is 3.88. The van der Waals surface area contributed by atoms with Gasteiger partial charge in [0.2, 0.25) is 6.41 Å². The van der Waals surface area contributed by atoms with E-state index in [0.717, 1.165) is 0 Å². The molecule has 0 aromatic rings. The Balaban J connectivity index is 3.88. The Morgan fingerprint density at radius 3 is 2.46 bits per heavy atom. The van der Waals surface area contributed by atoms with Crippen molar-refractivity contribution in [2.75, 3.05) is 6.61 Å². The molecule has 74 valence electrons. The van der Waals surface area contributed by atoms with Gasteiger partial charge < -0.3 is 10.1 Å². The lowest BCUT2D eigenvalue weighted by molar-refractivity contribution is -0.142. The average molecular weight is 185 g/mol. The molecule has 4 heteroatoms. The van der Waals surface area contributed by atoms with E-state index < -0.39 is 5.97 Å². The van der Waals surface area contributed by atoms with E-state index in [1.54, 1.807) is 0 Å². The number of carbonyl (C=O) groups excluding carboxylic acids is 2. The van der Waals surface area contributed by atoms with Crippen molar-refractivity contribution in [1.82, 2.24) is 5.32 Å². The summed E-state index contributed by atoms with van der Waals surface area (Å²) in [4.78, 5) is 21.0. The highest BCUT2D eigenvalue weighted by atomic mass is 16.5. The van der Waals surface area contributed by atoms with Crippen LogP contribution in [0, 0.1) is 5.41 Å². The summed E-state index contributed by atoms with van der Waals surface area (Å²) in [6, 6.07) is 0. The number of carbonyl (C=O) groups is 2. The molecule has 0 bridgehead atoms. The molecule has 0 spiro atoms. The van der Waals surface area contributed by atoms with E-state index in [2.05, 4.69) is 11.9 Å². The molecule has 4 nitrogen and oxygen atoms in total. The topological polar surface area (TPSA) is 55.4 Å². The number of amides is 1. The molecule has 0 aliphatic carbocycles. The van der Waals surface area contributed by atoms with Crippen LogP contribution in [0.4, 0.5) is 0 Å². The van der Waals surface area contributed by atoms with E-state index >= 15 is 0 Å². The first kappa shape index (κ1) is 11.7. The minimum Gasteiger partial charge on any atom is -0.460 e. The highest BCUT2D eigenvalue weighted by Gasteiger charge is 2.15. The molecular weight excluding hydrogens is 170 g/mol. The van der Waals surface area contributed by atoms with Crippen molar-refractivity contribution in [3.63, 3.8) is 0 Å². The molecule has 0 rings (SSSR count). The van der Waals surface area contributed by atoms with Crippen molar-refractivity contribution in [3.8, 4) is 0 Å². The van der Waals surface area contributed by atoms with Gasteiger partial charge in [0.05, 0.1) is 6.61 Å². The van der Waals surface area contributed by atoms with Gasteiger partial charge in [-0.25, -0.2) is 4.79 Å². The molecule has 0 unspecified atom stereocenters. The zero-order chi connectivity index (χ0) is 10.5. The van der Waals surface area contributed by atoms with Crippen LogP contribution < -0.4 is 5.32 Å². The summed E-state index contributed by atoms with van der Waals surface area (Å²) in [6.07, 6.45) is 0.390. The van der Waals surface area contributed by atoms with Crippen LogP contribution >= 0.6 is 0 Å². The molecule has 0 aromatic heterocycles. The van der Waals surface area contributed by atoms with Crippen molar-refractivity contribution in [1.29, 1.82) is 0 Å². The van der Waals surface area contributed by atoms with E-state index in [1.807, 2.05) is 20.8 Å². The summed E-state index contributed by atoms with van der Waals surface area (Å²) in [5.74, 6) is -0.595. The maximum atomic E-state index is 11.0. The molecule has 0 aliphatic rings. The van der Waals surface area contributed by atoms with Crippen molar-refractivity contribution in [2.24, 2.45) is 5.41 Å². The van der Waals surface area contributed by atoms with Gasteiger partial charge in [-0.15, -0.1) is 0 Å². The Hall–Kier alpha value is -1.32. The third-order valence-corrected chi connectivity index (χ3v) is 1.12. The molecule has 0 saturated carbocycles. The van der Waals surface area contributed by atoms with Gasteiger partial charge in [0, 0.05) is 0 Å². The SMILES string of the molecule is C=C(NC=O)C(=O)OCC(C)(C)C. The van der Waals surface area contributed by atoms with Gasteiger partial charge in [-0.3, -0.25) is 4.79 Å². The largest absolute Gasteiger partial charge is 0.460 e. The van der Waals surface area contributed by atoms with E-state index in [1.165, 1.54) is 0 Å². The normalized spacial score (nSPS) is 10.4. The van der Waals surface area contributed by atoms with E-state index in [4.69, 9.17) is 4.74 Å². The molecule has 0 saturated heterocycles. The van der Waals surface area contributed by atoms with Crippen LogP contribution in [0.3, 0.4) is 0 Å². The van der Waals surface area contributed by atoms with Crippen molar-refractivity contribution < 1.29 is 14.3 Å². The van der Waals surface area contributed by atoms with Crippen molar-refractivity contribution in [2.45, 2.75) is 20.8 Å². The van der Waals surface area contributed by atoms with E-state index in [9.17, 15) is 9.59 Å². The molecule has 0 aliphatic heterocycles. The maximum absolute atomic E-state index is 11.0. The molecule has 1 amide bonds. The van der Waals surface area contributed by atoms with E-state index in [0.29, 0.717) is 13.0 Å². The second-order valence-electron chi connectivity index (χ2n) is 3.88. The summed E-state index contributed by atoms with van der Waals surface area (Å²) in [6.45, 7) is 9.45. The third-order valence-electron chi connectivity index (χ3n) is 1.12. The third kappa shape index (κ3) is 5.90. The minimum atomic E-state index is -0.595. The molecular formula is C9H15NO3. The monoisotopic (exact) mass is 185 g/mol. The first-order chi connectivity index (χ1) is 5.87. The lowest BCUT2D eigenvalue weighted by atomic mass is 9.99. The Morgan fingerprint density at radius 1 is 1.54 bits per heavy atom. The average Bonchev–Trinajstić information content (AvgIpc) is 1.99. The summed E-state index contributed by atoms with van der Waals surface area (Å²) >= 11 is 0. The first-order valence-corrected chi connectivity index (χ1v) is 3.93. The molecule has 0 fully saturated rings. The van der Waals surface area contributed by atoms with Gasteiger partial charge in [-0.2, -0.15) is 0 Å². The zero-order valence-corrected chi connectivity index (χ0v) is 8.22. The molecule has 0 aromatic carbocycles. The lowest BCUT2D eigenvalue weighted by Crippen LogP contribution is -2.24. The molecule has 0 radical (unpaired) electrons. The van der Waals surface area contributed by atoms with Crippen molar-refractivity contribution >= 4 is 12.4 Å². The van der Waals surface area contributed by atoms with Gasteiger partial charge in [0.25, 0.3) is 0 Å². The van der Waals surface area contributed by atoms with Crippen LogP contribution in [-0.4, -0.2) is 19.0 Å². The van der Waals surface area contributed by atoms with Crippen LogP contribution in [0.1, 0.15) is 20.8 Å². The van der Waals surface area contributed by atoms with Crippen LogP contribution in [0.25, 0.3) is 0 Å². The number of hydrogen-bond acceptors (Lipinski definition) is 3. The van der Waals surface area contributed by atoms with Gasteiger partial charge >= 0.3 is 5.97 Å². The predicted molar refractivity (Wildman–Crippen MR) is 48.8 cm³/mol. The Bertz CT molecular complexity index is 215. The molecule has 0 atom stereocenters. The highest BCUT2D eigenvalue weighted by molar-refractivity contribution is 5.89. The molecule has 1 N–H and O–H groups in total. The number of nitrogens with one attached hydrogen (secondary N) is 1. The van der Waals surface area contributed by atoms with Crippen LogP contribution in [0.2, 0.25) is 0 Å². The van der Waals surface area contributed by atoms with Gasteiger partial charge in [0.15, 0.2) is 0 Å². The number of rotatable bonds is 4. The zero-order valence-electron chi connectivity index (χ0n) is 8.22. The van der Waals surface area contributed by atoms with Gasteiger partial charge in [-0.05, 0) is 5.41 Å². The predicted octanol–water partition coefficient (Wildman–Crippen LogP) is 0.835. The number of esters is 1. The Morgan fingerprint density at radius 2 is 2.08 bits per heavy atom. The lowest BCUT2D eigenvalue weighted by Gasteiger charge is -2.17. The van der Waals surface area contributed by atoms with E-state index in [-0.39, 0.29) is 11.1 Å². The van der Waals surface area contributed by atoms with Crippen LogP contribution in [0.15, 0.2) is 12.3 Å². The maximum Gasteiger partial charge on any atom is 0.354 e. The molecule has 13 heavy (non-hydrogen) atoms. The number of hydrogen-bond donors (Lipinski definition) is 1. The van der Waals surface area contributed by atoms with Crippen molar-refractivity contribution in [3.05, 3.63) is 12.3 Å². The minimum absolute atomic E-state index is 0.0424. The van der Waals surface area contributed by atoms with Gasteiger partial charge in [0.1, 0.15) is 5.70 Å². The standard InChI is InChI=1S/C9H15NO3/c1-7(10-6-11)8(12)13-5-9(2,3)4/h6H,1,5H2,2-4H3,(H,10,11). The Kier molecular flexibility index (Phi) is 4.17. The summed E-state index contributed by atoms with van der Waals surface area (Å²) < 4.78 is 4.86. The first-order valence-electron chi connectivity index (χ1n) is 3.93. The second kappa shape index (κ2) is 4.64.